The van der Waals surface area contributed by atoms with Crippen molar-refractivity contribution in [3.8, 4) is 0 Å². The van der Waals surface area contributed by atoms with Crippen molar-refractivity contribution >= 4 is 34.2 Å². The van der Waals surface area contributed by atoms with Crippen molar-refractivity contribution in [1.29, 1.82) is 0 Å². The SMILES string of the molecule is CC(C)N(Cc1nc2ccccc2c(=O)[nH]1)C(=O)/C=C/c1ccsc1. The zero-order valence-corrected chi connectivity index (χ0v) is 14.9. The van der Waals surface area contributed by atoms with Crippen LogP contribution in [0.25, 0.3) is 17.0 Å². The molecule has 0 fully saturated rings. The molecule has 1 aromatic carbocycles. The second-order valence-corrected chi connectivity index (χ2v) is 6.76. The highest BCUT2D eigenvalue weighted by Crippen LogP contribution is 2.11. The van der Waals surface area contributed by atoms with Gasteiger partial charge in [-0.3, -0.25) is 9.59 Å². The van der Waals surface area contributed by atoms with Crippen LogP contribution < -0.4 is 5.56 Å². The lowest BCUT2D eigenvalue weighted by molar-refractivity contribution is -0.128. The van der Waals surface area contributed by atoms with E-state index in [1.54, 1.807) is 46.6 Å². The van der Waals surface area contributed by atoms with E-state index in [1.165, 1.54) is 0 Å². The molecule has 1 N–H and O–H groups in total. The summed E-state index contributed by atoms with van der Waals surface area (Å²) in [7, 11) is 0. The zero-order chi connectivity index (χ0) is 17.8. The Morgan fingerprint density at radius 3 is 2.84 bits per heavy atom. The number of benzene rings is 1. The van der Waals surface area contributed by atoms with Crippen molar-refractivity contribution in [2.45, 2.75) is 26.4 Å². The predicted octanol–water partition coefficient (Wildman–Crippen LogP) is 3.44. The number of hydrogen-bond acceptors (Lipinski definition) is 4. The van der Waals surface area contributed by atoms with Gasteiger partial charge in [0.05, 0.1) is 17.4 Å². The maximum atomic E-state index is 12.6. The number of para-hydroxylation sites is 1. The van der Waals surface area contributed by atoms with Gasteiger partial charge in [0, 0.05) is 12.1 Å². The summed E-state index contributed by atoms with van der Waals surface area (Å²) in [6, 6.07) is 9.12. The molecule has 0 radical (unpaired) electrons. The molecule has 3 aromatic rings. The van der Waals surface area contributed by atoms with Crippen LogP contribution in [-0.4, -0.2) is 26.8 Å². The van der Waals surface area contributed by atoms with E-state index in [2.05, 4.69) is 9.97 Å². The first kappa shape index (κ1) is 17.1. The summed E-state index contributed by atoms with van der Waals surface area (Å²) in [5, 5.41) is 4.49. The lowest BCUT2D eigenvalue weighted by atomic mass is 10.2. The Labute approximate surface area is 149 Å². The summed E-state index contributed by atoms with van der Waals surface area (Å²) in [5.74, 6) is 0.367. The van der Waals surface area contributed by atoms with Gasteiger partial charge in [-0.1, -0.05) is 12.1 Å². The van der Waals surface area contributed by atoms with Crippen LogP contribution in [-0.2, 0) is 11.3 Å². The minimum Gasteiger partial charge on any atom is -0.329 e. The molecule has 25 heavy (non-hydrogen) atoms. The summed E-state index contributed by atoms with van der Waals surface area (Å²) in [4.78, 5) is 33.7. The molecule has 0 atom stereocenters. The van der Waals surface area contributed by atoms with Crippen LogP contribution in [0.1, 0.15) is 25.2 Å². The molecule has 1 amide bonds. The van der Waals surface area contributed by atoms with Crippen molar-refractivity contribution in [2.24, 2.45) is 0 Å². The fraction of sp³-hybridized carbons (Fsp3) is 0.211. The largest absolute Gasteiger partial charge is 0.329 e. The Morgan fingerprint density at radius 1 is 1.32 bits per heavy atom. The molecule has 2 heterocycles. The first-order valence-electron chi connectivity index (χ1n) is 8.03. The van der Waals surface area contributed by atoms with Gasteiger partial charge in [0.1, 0.15) is 5.82 Å². The lowest BCUT2D eigenvalue weighted by Crippen LogP contribution is -2.36. The van der Waals surface area contributed by atoms with Gasteiger partial charge < -0.3 is 9.88 Å². The van der Waals surface area contributed by atoms with E-state index >= 15 is 0 Å². The highest BCUT2D eigenvalue weighted by molar-refractivity contribution is 7.08. The number of aromatic nitrogens is 2. The van der Waals surface area contributed by atoms with Gasteiger partial charge >= 0.3 is 0 Å². The van der Waals surface area contributed by atoms with Crippen LogP contribution >= 0.6 is 11.3 Å². The molecule has 3 rings (SSSR count). The van der Waals surface area contributed by atoms with Gasteiger partial charge in [0.2, 0.25) is 5.91 Å². The minimum atomic E-state index is -0.189. The molecule has 128 valence electrons. The fourth-order valence-electron chi connectivity index (χ4n) is 2.52. The monoisotopic (exact) mass is 353 g/mol. The van der Waals surface area contributed by atoms with Gasteiger partial charge in [-0.25, -0.2) is 4.98 Å². The minimum absolute atomic E-state index is 0.0172. The quantitative estimate of drug-likeness (QED) is 0.715. The Bertz CT molecular complexity index is 958. The Kier molecular flexibility index (Phi) is 5.09. The molecular formula is C19H19N3O2S. The number of carbonyl (C=O) groups excluding carboxylic acids is 1. The third-order valence-corrected chi connectivity index (χ3v) is 4.55. The smallest absolute Gasteiger partial charge is 0.258 e. The van der Waals surface area contributed by atoms with Crippen molar-refractivity contribution in [3.05, 3.63) is 68.9 Å². The highest BCUT2D eigenvalue weighted by atomic mass is 32.1. The fourth-order valence-corrected chi connectivity index (χ4v) is 3.15. The summed E-state index contributed by atoms with van der Waals surface area (Å²) < 4.78 is 0. The number of carbonyl (C=O) groups is 1. The molecule has 0 aliphatic heterocycles. The number of hydrogen-bond donors (Lipinski definition) is 1. The van der Waals surface area contributed by atoms with E-state index in [9.17, 15) is 9.59 Å². The van der Waals surface area contributed by atoms with Crippen LogP contribution in [0.15, 0.2) is 52.0 Å². The standard InChI is InChI=1S/C19H19N3O2S/c1-13(2)22(18(23)8-7-14-9-10-25-12-14)11-17-20-16-6-4-3-5-15(16)19(24)21-17/h3-10,12-13H,11H2,1-2H3,(H,20,21,24)/b8-7+. The van der Waals surface area contributed by atoms with Crippen molar-refractivity contribution in [1.82, 2.24) is 14.9 Å². The molecule has 0 aliphatic rings. The summed E-state index contributed by atoms with van der Waals surface area (Å²) in [6.45, 7) is 4.13. The zero-order valence-electron chi connectivity index (χ0n) is 14.1. The molecule has 0 spiro atoms. The van der Waals surface area contributed by atoms with E-state index in [4.69, 9.17) is 0 Å². The molecule has 0 unspecified atom stereocenters. The second kappa shape index (κ2) is 7.44. The number of H-pyrrole nitrogens is 1. The Hall–Kier alpha value is -2.73. The average molecular weight is 353 g/mol. The van der Waals surface area contributed by atoms with Gasteiger partial charge in [0.15, 0.2) is 0 Å². The second-order valence-electron chi connectivity index (χ2n) is 5.98. The van der Waals surface area contributed by atoms with Crippen LogP contribution in [0.2, 0.25) is 0 Å². The maximum Gasteiger partial charge on any atom is 0.258 e. The van der Waals surface area contributed by atoms with E-state index < -0.39 is 0 Å². The van der Waals surface area contributed by atoms with E-state index in [0.29, 0.717) is 16.7 Å². The van der Waals surface area contributed by atoms with Gasteiger partial charge in [-0.2, -0.15) is 11.3 Å². The highest BCUT2D eigenvalue weighted by Gasteiger charge is 2.17. The van der Waals surface area contributed by atoms with Gasteiger partial charge in [-0.15, -0.1) is 0 Å². The van der Waals surface area contributed by atoms with Gasteiger partial charge in [0.25, 0.3) is 5.56 Å². The molecule has 5 nitrogen and oxygen atoms in total. The third kappa shape index (κ3) is 4.03. The van der Waals surface area contributed by atoms with Crippen LogP contribution in [0.4, 0.5) is 0 Å². The van der Waals surface area contributed by atoms with E-state index in [-0.39, 0.29) is 24.1 Å². The van der Waals surface area contributed by atoms with Crippen molar-refractivity contribution in [3.63, 3.8) is 0 Å². The average Bonchev–Trinajstić information content (AvgIpc) is 3.11. The molecule has 2 aromatic heterocycles. The summed E-state index contributed by atoms with van der Waals surface area (Å²) in [5.41, 5.74) is 1.44. The van der Waals surface area contributed by atoms with Gasteiger partial charge in [-0.05, 0) is 54.4 Å². The molecule has 0 bridgehead atoms. The molecule has 0 aliphatic carbocycles. The molecule has 6 heteroatoms. The van der Waals surface area contributed by atoms with Crippen molar-refractivity contribution < 1.29 is 4.79 Å². The van der Waals surface area contributed by atoms with Crippen LogP contribution in [0.3, 0.4) is 0 Å². The van der Waals surface area contributed by atoms with E-state index in [0.717, 1.165) is 5.56 Å². The van der Waals surface area contributed by atoms with Crippen LogP contribution in [0.5, 0.6) is 0 Å². The number of rotatable bonds is 5. The summed E-state index contributed by atoms with van der Waals surface area (Å²) in [6.07, 6.45) is 3.35. The number of nitrogens with zero attached hydrogens (tertiary/aromatic N) is 2. The first-order chi connectivity index (χ1) is 12.0. The Balaban J connectivity index is 1.84. The number of fused-ring (bicyclic) bond motifs is 1. The predicted molar refractivity (Wildman–Crippen MR) is 101 cm³/mol. The number of thiophene rings is 1. The molecule has 0 saturated heterocycles. The molecular weight excluding hydrogens is 334 g/mol. The lowest BCUT2D eigenvalue weighted by Gasteiger charge is -2.25. The number of nitrogens with one attached hydrogen (secondary N) is 1. The van der Waals surface area contributed by atoms with Crippen molar-refractivity contribution in [2.75, 3.05) is 0 Å². The maximum absolute atomic E-state index is 12.6. The first-order valence-corrected chi connectivity index (χ1v) is 8.97. The normalized spacial score (nSPS) is 11.5. The Morgan fingerprint density at radius 2 is 2.12 bits per heavy atom. The molecule has 0 saturated carbocycles. The van der Waals surface area contributed by atoms with E-state index in [1.807, 2.05) is 36.7 Å². The van der Waals surface area contributed by atoms with Crippen LogP contribution in [0, 0.1) is 0 Å². The topological polar surface area (TPSA) is 66.1 Å². The number of aromatic amines is 1. The number of amides is 1. The summed E-state index contributed by atoms with van der Waals surface area (Å²) >= 11 is 1.59. The third-order valence-electron chi connectivity index (χ3n) is 3.85.